The summed E-state index contributed by atoms with van der Waals surface area (Å²) in [5.74, 6) is 0.574. The molecule has 14 heavy (non-hydrogen) atoms. The van der Waals surface area contributed by atoms with Gasteiger partial charge in [-0.25, -0.2) is 0 Å². The fourth-order valence-corrected chi connectivity index (χ4v) is 1.54. The molecule has 1 amide bonds. The average Bonchev–Trinajstić information content (AvgIpc) is 2.55. The van der Waals surface area contributed by atoms with Gasteiger partial charge in [0.1, 0.15) is 0 Å². The van der Waals surface area contributed by atoms with Crippen molar-refractivity contribution in [3.63, 3.8) is 0 Å². The SMILES string of the molecule is CS(=O)(=O)O.NC(=O)[C@H]1C[C@H]2C[C@H]2N1. The van der Waals surface area contributed by atoms with E-state index >= 15 is 0 Å². The number of nitrogens with one attached hydrogen (secondary N) is 1. The number of nitrogens with two attached hydrogens (primary N) is 1. The van der Waals surface area contributed by atoms with Gasteiger partial charge in [-0.3, -0.25) is 9.35 Å². The van der Waals surface area contributed by atoms with Crippen LogP contribution in [0.15, 0.2) is 0 Å². The van der Waals surface area contributed by atoms with Crippen LogP contribution in [0.3, 0.4) is 0 Å². The summed E-state index contributed by atoms with van der Waals surface area (Å²) in [6.45, 7) is 0. The lowest BCUT2D eigenvalue weighted by atomic mass is 10.2. The second kappa shape index (κ2) is 3.84. The molecule has 2 fully saturated rings. The highest BCUT2D eigenvalue weighted by Crippen LogP contribution is 2.40. The van der Waals surface area contributed by atoms with Crippen LogP contribution in [0.25, 0.3) is 0 Å². The summed E-state index contributed by atoms with van der Waals surface area (Å²) >= 11 is 0. The first-order valence-corrected chi connectivity index (χ1v) is 6.10. The summed E-state index contributed by atoms with van der Waals surface area (Å²) in [4.78, 5) is 10.5. The maximum Gasteiger partial charge on any atom is 0.261 e. The minimum Gasteiger partial charge on any atom is -0.368 e. The van der Waals surface area contributed by atoms with Gasteiger partial charge in [-0.15, -0.1) is 0 Å². The summed E-state index contributed by atoms with van der Waals surface area (Å²) in [5.41, 5.74) is 5.08. The van der Waals surface area contributed by atoms with E-state index in [-0.39, 0.29) is 11.9 Å². The highest BCUT2D eigenvalue weighted by molar-refractivity contribution is 7.85. The molecular weight excluding hydrogens is 208 g/mol. The quantitative estimate of drug-likeness (QED) is 0.479. The third kappa shape index (κ3) is 4.03. The highest BCUT2D eigenvalue weighted by atomic mass is 32.2. The van der Waals surface area contributed by atoms with Crippen LogP contribution in [-0.2, 0) is 14.9 Å². The standard InChI is InChI=1S/C6H10N2O.CH4O3S/c7-6(9)5-2-3-1-4(3)8-5;1-5(2,3)4/h3-5,8H,1-2H2,(H2,7,9);1H3,(H,2,3,4)/t3-,4-,5-;/m1./s1. The van der Waals surface area contributed by atoms with E-state index in [9.17, 15) is 13.2 Å². The topological polar surface area (TPSA) is 109 Å². The number of primary amides is 1. The zero-order valence-electron chi connectivity index (χ0n) is 7.80. The molecular formula is C7H14N2O4S. The van der Waals surface area contributed by atoms with Crippen molar-refractivity contribution < 1.29 is 17.8 Å². The van der Waals surface area contributed by atoms with Crippen LogP contribution in [0.5, 0.6) is 0 Å². The Bertz CT molecular complexity index is 309. The Morgan fingerprint density at radius 1 is 1.50 bits per heavy atom. The van der Waals surface area contributed by atoms with Crippen LogP contribution in [0.1, 0.15) is 12.8 Å². The summed E-state index contributed by atoms with van der Waals surface area (Å²) in [7, 11) is -3.67. The number of carbonyl (C=O) groups excluding carboxylic acids is 1. The van der Waals surface area contributed by atoms with Crippen LogP contribution < -0.4 is 11.1 Å². The lowest BCUT2D eigenvalue weighted by molar-refractivity contribution is -0.119. The molecule has 6 nitrogen and oxygen atoms in total. The molecule has 1 saturated heterocycles. The normalized spacial score (nSPS) is 34.0. The third-order valence-corrected chi connectivity index (χ3v) is 2.22. The van der Waals surface area contributed by atoms with Gasteiger partial charge in [0.25, 0.3) is 10.1 Å². The van der Waals surface area contributed by atoms with Crippen LogP contribution in [0.4, 0.5) is 0 Å². The Kier molecular flexibility index (Phi) is 3.13. The second-order valence-electron chi connectivity index (χ2n) is 3.69. The summed E-state index contributed by atoms with van der Waals surface area (Å²) in [6.07, 6.45) is 2.94. The largest absolute Gasteiger partial charge is 0.368 e. The highest BCUT2D eigenvalue weighted by Gasteiger charge is 2.47. The maximum atomic E-state index is 10.5. The fourth-order valence-electron chi connectivity index (χ4n) is 1.54. The molecule has 3 atom stereocenters. The van der Waals surface area contributed by atoms with Crippen molar-refractivity contribution >= 4 is 16.0 Å². The Hall–Kier alpha value is -0.660. The minimum absolute atomic E-state index is 0.0197. The van der Waals surface area contributed by atoms with Gasteiger partial charge in [0, 0.05) is 6.04 Å². The van der Waals surface area contributed by atoms with Crippen LogP contribution in [-0.4, -0.2) is 37.2 Å². The first-order valence-electron chi connectivity index (χ1n) is 4.25. The van der Waals surface area contributed by atoms with E-state index in [1.54, 1.807) is 0 Å². The fraction of sp³-hybridized carbons (Fsp3) is 0.857. The number of piperidine rings is 1. The van der Waals surface area contributed by atoms with Crippen LogP contribution in [0.2, 0.25) is 0 Å². The van der Waals surface area contributed by atoms with E-state index < -0.39 is 10.1 Å². The van der Waals surface area contributed by atoms with Crippen molar-refractivity contribution in [3.8, 4) is 0 Å². The molecule has 0 aromatic heterocycles. The van der Waals surface area contributed by atoms with Crippen molar-refractivity contribution in [2.75, 3.05) is 6.26 Å². The monoisotopic (exact) mass is 222 g/mol. The number of carbonyl (C=O) groups is 1. The first kappa shape index (κ1) is 11.4. The molecule has 82 valence electrons. The van der Waals surface area contributed by atoms with E-state index in [4.69, 9.17) is 10.3 Å². The Balaban J connectivity index is 0.000000171. The van der Waals surface area contributed by atoms with Crippen molar-refractivity contribution in [1.29, 1.82) is 0 Å². The van der Waals surface area contributed by atoms with Gasteiger partial charge < -0.3 is 11.1 Å². The van der Waals surface area contributed by atoms with Gasteiger partial charge in [-0.05, 0) is 18.8 Å². The number of amides is 1. The molecule has 0 radical (unpaired) electrons. The van der Waals surface area contributed by atoms with Crippen molar-refractivity contribution in [2.45, 2.75) is 24.9 Å². The zero-order chi connectivity index (χ0) is 10.9. The number of hydrogen-bond donors (Lipinski definition) is 3. The molecule has 1 saturated carbocycles. The molecule has 0 aromatic rings. The predicted octanol–water partition coefficient (Wildman–Crippen LogP) is -1.27. The third-order valence-electron chi connectivity index (χ3n) is 2.22. The Labute approximate surface area is 82.6 Å². The lowest BCUT2D eigenvalue weighted by Gasteiger charge is -2.06. The average molecular weight is 222 g/mol. The van der Waals surface area contributed by atoms with Crippen molar-refractivity contribution in [3.05, 3.63) is 0 Å². The minimum atomic E-state index is -3.67. The molecule has 0 unspecified atom stereocenters. The summed E-state index contributed by atoms with van der Waals surface area (Å²) < 4.78 is 25.9. The van der Waals surface area contributed by atoms with E-state index in [1.165, 1.54) is 6.42 Å². The van der Waals surface area contributed by atoms with Gasteiger partial charge in [-0.1, -0.05) is 0 Å². The van der Waals surface area contributed by atoms with E-state index in [0.29, 0.717) is 12.3 Å². The Morgan fingerprint density at radius 3 is 2.21 bits per heavy atom. The molecule has 0 spiro atoms. The number of fused-ring (bicyclic) bond motifs is 1. The van der Waals surface area contributed by atoms with E-state index in [2.05, 4.69) is 5.32 Å². The first-order chi connectivity index (χ1) is 6.27. The lowest BCUT2D eigenvalue weighted by Crippen LogP contribution is -2.38. The smallest absolute Gasteiger partial charge is 0.261 e. The summed E-state index contributed by atoms with van der Waals surface area (Å²) in [6, 6.07) is 0.608. The zero-order valence-corrected chi connectivity index (χ0v) is 8.62. The van der Waals surface area contributed by atoms with Gasteiger partial charge >= 0.3 is 0 Å². The van der Waals surface area contributed by atoms with E-state index in [1.807, 2.05) is 0 Å². The predicted molar refractivity (Wildman–Crippen MR) is 50.1 cm³/mol. The van der Waals surface area contributed by atoms with Gasteiger partial charge in [0.2, 0.25) is 5.91 Å². The van der Waals surface area contributed by atoms with Gasteiger partial charge in [0.15, 0.2) is 0 Å². The second-order valence-corrected chi connectivity index (χ2v) is 5.16. The molecule has 1 heterocycles. The van der Waals surface area contributed by atoms with Crippen molar-refractivity contribution in [1.82, 2.24) is 5.32 Å². The van der Waals surface area contributed by atoms with Gasteiger partial charge in [-0.2, -0.15) is 8.42 Å². The van der Waals surface area contributed by atoms with Crippen molar-refractivity contribution in [2.24, 2.45) is 11.7 Å². The molecule has 2 rings (SSSR count). The molecule has 0 aromatic carbocycles. The van der Waals surface area contributed by atoms with Crippen LogP contribution >= 0.6 is 0 Å². The molecule has 1 aliphatic carbocycles. The Morgan fingerprint density at radius 2 is 2.00 bits per heavy atom. The maximum absolute atomic E-state index is 10.5. The molecule has 7 heteroatoms. The number of rotatable bonds is 1. The van der Waals surface area contributed by atoms with Gasteiger partial charge in [0.05, 0.1) is 12.3 Å². The van der Waals surface area contributed by atoms with E-state index in [0.717, 1.165) is 12.3 Å². The molecule has 4 N–H and O–H groups in total. The number of hydrogen-bond acceptors (Lipinski definition) is 4. The molecule has 0 bridgehead atoms. The molecule has 2 aliphatic rings. The molecule has 1 aliphatic heterocycles. The van der Waals surface area contributed by atoms with Crippen LogP contribution in [0, 0.1) is 5.92 Å². The summed E-state index contributed by atoms with van der Waals surface area (Å²) in [5, 5.41) is 3.15.